The van der Waals surface area contributed by atoms with Gasteiger partial charge < -0.3 is 14.4 Å². The maximum atomic E-state index is 13.1. The number of hydrogen-bond acceptors (Lipinski definition) is 2. The van der Waals surface area contributed by atoms with E-state index in [2.05, 4.69) is 18.4 Å². The van der Waals surface area contributed by atoms with Crippen LogP contribution in [0, 0.1) is 5.92 Å². The summed E-state index contributed by atoms with van der Waals surface area (Å²) in [5, 5.41) is 0. The van der Waals surface area contributed by atoms with Gasteiger partial charge in [-0.3, -0.25) is 9.59 Å². The summed E-state index contributed by atoms with van der Waals surface area (Å²) in [4.78, 5) is 29.6. The molecule has 0 radical (unpaired) electrons. The van der Waals surface area contributed by atoms with E-state index < -0.39 is 0 Å². The van der Waals surface area contributed by atoms with E-state index in [1.165, 1.54) is 0 Å². The second kappa shape index (κ2) is 6.63. The fraction of sp³-hybridized carbons (Fsp3) is 0.429. The molecule has 4 rings (SSSR count). The van der Waals surface area contributed by atoms with Crippen LogP contribution >= 0.6 is 0 Å². The largest absolute Gasteiger partial charge is 0.338 e. The van der Waals surface area contributed by atoms with Crippen molar-refractivity contribution in [3.63, 3.8) is 0 Å². The van der Waals surface area contributed by atoms with Gasteiger partial charge in [-0.1, -0.05) is 44.2 Å². The monoisotopic (exact) mass is 351 g/mol. The van der Waals surface area contributed by atoms with Gasteiger partial charge in [0.15, 0.2) is 0 Å². The minimum Gasteiger partial charge on any atom is -0.338 e. The Morgan fingerprint density at radius 3 is 2.54 bits per heavy atom. The molecule has 136 valence electrons. The molecule has 1 aromatic heterocycles. The summed E-state index contributed by atoms with van der Waals surface area (Å²) in [7, 11) is 0. The van der Waals surface area contributed by atoms with Crippen LogP contribution in [0.4, 0.5) is 0 Å². The first-order valence-electron chi connectivity index (χ1n) is 9.34. The fourth-order valence-electron chi connectivity index (χ4n) is 4.16. The highest BCUT2D eigenvalue weighted by Crippen LogP contribution is 2.35. The Bertz CT molecular complexity index is 812. The van der Waals surface area contributed by atoms with Crippen LogP contribution in [0.2, 0.25) is 0 Å². The highest BCUT2D eigenvalue weighted by atomic mass is 16.2. The highest BCUT2D eigenvalue weighted by Gasteiger charge is 2.46. The predicted octanol–water partition coefficient (Wildman–Crippen LogP) is 2.94. The first kappa shape index (κ1) is 16.9. The molecule has 0 bridgehead atoms. The summed E-state index contributed by atoms with van der Waals surface area (Å²) in [5.74, 6) is 0.586. The molecule has 5 heteroatoms. The van der Waals surface area contributed by atoms with Crippen LogP contribution in [0.3, 0.4) is 0 Å². The molecule has 2 aliphatic heterocycles. The number of carbonyl (C=O) groups excluding carboxylic acids is 2. The molecule has 0 spiro atoms. The zero-order valence-electron chi connectivity index (χ0n) is 15.3. The van der Waals surface area contributed by atoms with Gasteiger partial charge in [0.2, 0.25) is 5.91 Å². The van der Waals surface area contributed by atoms with Crippen molar-refractivity contribution in [2.24, 2.45) is 5.92 Å². The molecule has 0 N–H and O–H groups in total. The van der Waals surface area contributed by atoms with Crippen molar-refractivity contribution >= 4 is 11.8 Å². The lowest BCUT2D eigenvalue weighted by Gasteiger charge is -2.38. The molecule has 1 fully saturated rings. The quantitative estimate of drug-likeness (QED) is 0.850. The van der Waals surface area contributed by atoms with E-state index >= 15 is 0 Å². The average molecular weight is 351 g/mol. The summed E-state index contributed by atoms with van der Waals surface area (Å²) in [6, 6.07) is 14.0. The van der Waals surface area contributed by atoms with Gasteiger partial charge in [-0.25, -0.2) is 0 Å². The molecule has 3 heterocycles. The molecule has 2 amide bonds. The van der Waals surface area contributed by atoms with Crippen molar-refractivity contribution in [3.05, 3.63) is 59.9 Å². The number of carbonyl (C=O) groups is 2. The Balaban J connectivity index is 1.63. The second-order valence-electron chi connectivity index (χ2n) is 7.75. The second-order valence-corrected chi connectivity index (χ2v) is 7.75. The lowest BCUT2D eigenvalue weighted by atomic mass is 10.0. The average Bonchev–Trinajstić information content (AvgIpc) is 3.25. The molecule has 5 nitrogen and oxygen atoms in total. The number of rotatable bonds is 4. The van der Waals surface area contributed by atoms with Gasteiger partial charge in [-0.15, -0.1) is 0 Å². The van der Waals surface area contributed by atoms with E-state index in [1.54, 1.807) is 0 Å². The standard InChI is InChI=1S/C21H25N3O2/c1-15(2)11-20(25)22-13-18-19(14-22)24(12-16-7-4-3-5-8-16)21(26)17-9-6-10-23(17)18/h3-10,15,18-19H,11-14H2,1-2H3/t18-,19+/m1/s1. The molecule has 2 aromatic rings. The molecule has 0 saturated carbocycles. The Hall–Kier alpha value is -2.56. The van der Waals surface area contributed by atoms with Gasteiger partial charge in [0.1, 0.15) is 5.69 Å². The van der Waals surface area contributed by atoms with Crippen molar-refractivity contribution in [3.8, 4) is 0 Å². The minimum absolute atomic E-state index is 0.0266. The summed E-state index contributed by atoms with van der Waals surface area (Å²) in [5.41, 5.74) is 1.84. The molecule has 1 saturated heterocycles. The van der Waals surface area contributed by atoms with Crippen LogP contribution in [0.5, 0.6) is 0 Å². The third-order valence-electron chi connectivity index (χ3n) is 5.41. The van der Waals surface area contributed by atoms with Gasteiger partial charge in [-0.05, 0) is 23.6 Å². The topological polar surface area (TPSA) is 45.6 Å². The molecule has 2 aliphatic rings. The Kier molecular flexibility index (Phi) is 4.31. The first-order chi connectivity index (χ1) is 12.5. The number of nitrogens with zero attached hydrogens (tertiary/aromatic N) is 3. The number of aromatic nitrogens is 1. The zero-order chi connectivity index (χ0) is 18.3. The summed E-state index contributed by atoms with van der Waals surface area (Å²) in [6.45, 7) is 6.01. The summed E-state index contributed by atoms with van der Waals surface area (Å²) < 4.78 is 2.07. The Morgan fingerprint density at radius 1 is 1.08 bits per heavy atom. The zero-order valence-corrected chi connectivity index (χ0v) is 15.3. The van der Waals surface area contributed by atoms with E-state index in [0.29, 0.717) is 32.0 Å². The van der Waals surface area contributed by atoms with E-state index in [-0.39, 0.29) is 23.9 Å². The van der Waals surface area contributed by atoms with Crippen LogP contribution in [0.25, 0.3) is 0 Å². The van der Waals surface area contributed by atoms with Gasteiger partial charge in [0.05, 0.1) is 12.1 Å². The summed E-state index contributed by atoms with van der Waals surface area (Å²) in [6.07, 6.45) is 2.53. The molecular weight excluding hydrogens is 326 g/mol. The van der Waals surface area contributed by atoms with Gasteiger partial charge in [0.25, 0.3) is 5.91 Å². The van der Waals surface area contributed by atoms with E-state index in [1.807, 2.05) is 58.5 Å². The number of hydrogen-bond donors (Lipinski definition) is 0. The molecule has 2 atom stereocenters. The molecule has 0 aliphatic carbocycles. The van der Waals surface area contributed by atoms with E-state index in [9.17, 15) is 9.59 Å². The van der Waals surface area contributed by atoms with E-state index in [4.69, 9.17) is 0 Å². The van der Waals surface area contributed by atoms with Crippen molar-refractivity contribution in [1.29, 1.82) is 0 Å². The van der Waals surface area contributed by atoms with Crippen molar-refractivity contribution in [1.82, 2.24) is 14.4 Å². The molecular formula is C21H25N3O2. The van der Waals surface area contributed by atoms with Crippen LogP contribution in [-0.2, 0) is 11.3 Å². The van der Waals surface area contributed by atoms with E-state index in [0.717, 1.165) is 11.3 Å². The van der Waals surface area contributed by atoms with Crippen LogP contribution in [0.1, 0.15) is 42.4 Å². The maximum Gasteiger partial charge on any atom is 0.271 e. The number of amides is 2. The molecule has 26 heavy (non-hydrogen) atoms. The molecule has 1 aromatic carbocycles. The van der Waals surface area contributed by atoms with Gasteiger partial charge in [0, 0.05) is 32.3 Å². The normalized spacial score (nSPS) is 21.9. The van der Waals surface area contributed by atoms with Crippen molar-refractivity contribution in [2.45, 2.75) is 38.9 Å². The Labute approximate surface area is 154 Å². The first-order valence-corrected chi connectivity index (χ1v) is 9.34. The SMILES string of the molecule is CC(C)CC(=O)N1C[C@@H]2[C@H](C1)N(Cc1ccccc1)C(=O)c1cccn12. The number of benzene rings is 1. The lowest BCUT2D eigenvalue weighted by molar-refractivity contribution is -0.131. The fourth-order valence-corrected chi connectivity index (χ4v) is 4.16. The van der Waals surface area contributed by atoms with Crippen molar-refractivity contribution < 1.29 is 9.59 Å². The third-order valence-corrected chi connectivity index (χ3v) is 5.41. The van der Waals surface area contributed by atoms with Gasteiger partial charge in [-0.2, -0.15) is 0 Å². The third kappa shape index (κ3) is 2.91. The number of likely N-dealkylation sites (tertiary alicyclic amines) is 1. The maximum absolute atomic E-state index is 13.1. The summed E-state index contributed by atoms with van der Waals surface area (Å²) >= 11 is 0. The van der Waals surface area contributed by atoms with Crippen molar-refractivity contribution in [2.75, 3.05) is 13.1 Å². The van der Waals surface area contributed by atoms with Crippen LogP contribution in [-0.4, -0.2) is 45.3 Å². The lowest BCUT2D eigenvalue weighted by Crippen LogP contribution is -2.49. The number of fused-ring (bicyclic) bond motifs is 3. The van der Waals surface area contributed by atoms with Crippen LogP contribution in [0.15, 0.2) is 48.7 Å². The smallest absolute Gasteiger partial charge is 0.271 e. The Morgan fingerprint density at radius 2 is 1.81 bits per heavy atom. The highest BCUT2D eigenvalue weighted by molar-refractivity contribution is 5.94. The molecule has 0 unspecified atom stereocenters. The van der Waals surface area contributed by atoms with Gasteiger partial charge >= 0.3 is 0 Å². The van der Waals surface area contributed by atoms with Crippen LogP contribution < -0.4 is 0 Å². The minimum atomic E-state index is 0.0266. The predicted molar refractivity (Wildman–Crippen MR) is 99.6 cm³/mol.